The Kier molecular flexibility index (Phi) is 10.7. The number of benzene rings is 1. The minimum absolute atomic E-state index is 0.0154. The molecule has 10 nitrogen and oxygen atoms in total. The van der Waals surface area contributed by atoms with Gasteiger partial charge >= 0.3 is 17.9 Å². The van der Waals surface area contributed by atoms with Crippen LogP contribution in [0, 0.1) is 0 Å². The van der Waals surface area contributed by atoms with Crippen molar-refractivity contribution < 1.29 is 42.8 Å². The SMILES string of the molecule is CNC[C@H](OC(=O)COC)c1ccc(OC(=O)COC)c(OC(=O)COC)c1. The molecule has 1 atom stereocenters. The number of carbonyl (C=O) groups is 3. The molecule has 0 aliphatic rings. The molecule has 0 fully saturated rings. The molecule has 1 rings (SSSR count). The molecule has 0 amide bonds. The molecule has 156 valence electrons. The van der Waals surface area contributed by atoms with Gasteiger partial charge in [-0.2, -0.15) is 0 Å². The lowest BCUT2D eigenvalue weighted by molar-refractivity contribution is -0.153. The summed E-state index contributed by atoms with van der Waals surface area (Å²) in [6.45, 7) is -0.477. The van der Waals surface area contributed by atoms with E-state index >= 15 is 0 Å². The quantitative estimate of drug-likeness (QED) is 0.387. The van der Waals surface area contributed by atoms with Crippen LogP contribution in [0.25, 0.3) is 0 Å². The number of carbonyl (C=O) groups excluding carboxylic acids is 3. The highest BCUT2D eigenvalue weighted by Crippen LogP contribution is 2.32. The maximum absolute atomic E-state index is 11.8. The van der Waals surface area contributed by atoms with Crippen molar-refractivity contribution in [2.45, 2.75) is 6.10 Å². The normalized spacial score (nSPS) is 11.6. The molecular formula is C18H25NO9. The fraction of sp³-hybridized carbons (Fsp3) is 0.500. The van der Waals surface area contributed by atoms with Gasteiger partial charge in [-0.15, -0.1) is 0 Å². The van der Waals surface area contributed by atoms with E-state index < -0.39 is 24.0 Å². The summed E-state index contributed by atoms with van der Waals surface area (Å²) in [5.74, 6) is -1.92. The molecule has 1 N–H and O–H groups in total. The number of rotatable bonds is 12. The molecule has 0 radical (unpaired) electrons. The first-order valence-corrected chi connectivity index (χ1v) is 8.31. The number of hydrogen-bond acceptors (Lipinski definition) is 10. The van der Waals surface area contributed by atoms with Gasteiger partial charge < -0.3 is 33.7 Å². The molecule has 1 aromatic carbocycles. The summed E-state index contributed by atoms with van der Waals surface area (Å²) in [4.78, 5) is 35.3. The maximum Gasteiger partial charge on any atom is 0.337 e. The second-order valence-electron chi connectivity index (χ2n) is 5.49. The third-order valence-corrected chi connectivity index (χ3v) is 3.24. The van der Waals surface area contributed by atoms with Gasteiger partial charge in [0.1, 0.15) is 25.9 Å². The van der Waals surface area contributed by atoms with E-state index in [0.29, 0.717) is 12.1 Å². The Balaban J connectivity index is 3.15. The van der Waals surface area contributed by atoms with E-state index in [1.807, 2.05) is 0 Å². The van der Waals surface area contributed by atoms with Gasteiger partial charge in [-0.3, -0.25) is 0 Å². The summed E-state index contributed by atoms with van der Waals surface area (Å²) < 4.78 is 29.9. The monoisotopic (exact) mass is 399 g/mol. The first kappa shape index (κ1) is 23.5. The number of likely N-dealkylation sites (N-methyl/N-ethyl adjacent to an activating group) is 1. The van der Waals surface area contributed by atoms with Gasteiger partial charge in [0, 0.05) is 27.9 Å². The Labute approximate surface area is 163 Å². The van der Waals surface area contributed by atoms with Crippen molar-refractivity contribution in [1.29, 1.82) is 0 Å². The topological polar surface area (TPSA) is 119 Å². The van der Waals surface area contributed by atoms with Crippen molar-refractivity contribution in [3.05, 3.63) is 23.8 Å². The lowest BCUT2D eigenvalue weighted by Crippen LogP contribution is -2.24. The van der Waals surface area contributed by atoms with E-state index in [9.17, 15) is 14.4 Å². The van der Waals surface area contributed by atoms with E-state index in [1.165, 1.54) is 33.5 Å². The molecule has 0 aliphatic carbocycles. The van der Waals surface area contributed by atoms with Gasteiger partial charge in [-0.1, -0.05) is 6.07 Å². The van der Waals surface area contributed by atoms with Crippen molar-refractivity contribution in [3.8, 4) is 11.5 Å². The van der Waals surface area contributed by atoms with E-state index in [2.05, 4.69) is 5.32 Å². The summed E-state index contributed by atoms with van der Waals surface area (Å²) in [5.41, 5.74) is 0.519. The van der Waals surface area contributed by atoms with Crippen molar-refractivity contribution in [2.24, 2.45) is 0 Å². The van der Waals surface area contributed by atoms with Gasteiger partial charge in [0.05, 0.1) is 0 Å². The highest BCUT2D eigenvalue weighted by atomic mass is 16.6. The average molecular weight is 399 g/mol. The highest BCUT2D eigenvalue weighted by molar-refractivity contribution is 5.77. The Bertz CT molecular complexity index is 662. The largest absolute Gasteiger partial charge is 0.454 e. The van der Waals surface area contributed by atoms with Gasteiger partial charge in [0.25, 0.3) is 0 Å². The predicted molar refractivity (Wildman–Crippen MR) is 96.1 cm³/mol. The zero-order chi connectivity index (χ0) is 20.9. The van der Waals surface area contributed by atoms with Crippen molar-refractivity contribution in [1.82, 2.24) is 5.32 Å². The average Bonchev–Trinajstić information content (AvgIpc) is 2.63. The molecule has 0 bridgehead atoms. The van der Waals surface area contributed by atoms with E-state index in [0.717, 1.165) is 0 Å². The lowest BCUT2D eigenvalue weighted by Gasteiger charge is -2.19. The maximum atomic E-state index is 11.8. The summed E-state index contributed by atoms with van der Waals surface area (Å²) in [6.07, 6.45) is -0.684. The molecule has 0 spiro atoms. The second-order valence-corrected chi connectivity index (χ2v) is 5.49. The fourth-order valence-electron chi connectivity index (χ4n) is 2.15. The van der Waals surface area contributed by atoms with Crippen LogP contribution in [0.1, 0.15) is 11.7 Å². The third-order valence-electron chi connectivity index (χ3n) is 3.24. The third kappa shape index (κ3) is 8.01. The van der Waals surface area contributed by atoms with Crippen LogP contribution in [0.15, 0.2) is 18.2 Å². The standard InChI is InChI=1S/C18H25NO9/c1-19-8-15(28-18(22)11-25-4)12-5-6-13(26-16(20)9-23-2)14(7-12)27-17(21)10-24-3/h5-7,15,19H,8-11H2,1-4H3/t15-/m0/s1. The van der Waals surface area contributed by atoms with Gasteiger partial charge in [0.2, 0.25) is 0 Å². The number of ether oxygens (including phenoxy) is 6. The number of methoxy groups -OCH3 is 3. The lowest BCUT2D eigenvalue weighted by atomic mass is 10.1. The van der Waals surface area contributed by atoms with Crippen LogP contribution in [0.2, 0.25) is 0 Å². The van der Waals surface area contributed by atoms with Crippen LogP contribution < -0.4 is 14.8 Å². The van der Waals surface area contributed by atoms with Crippen LogP contribution in [0.4, 0.5) is 0 Å². The Morgan fingerprint density at radius 3 is 1.93 bits per heavy atom. The zero-order valence-electron chi connectivity index (χ0n) is 16.3. The highest BCUT2D eigenvalue weighted by Gasteiger charge is 2.21. The van der Waals surface area contributed by atoms with E-state index in [-0.39, 0.29) is 31.3 Å². The number of esters is 3. The molecule has 1 aromatic rings. The van der Waals surface area contributed by atoms with Gasteiger partial charge in [-0.05, 0) is 24.7 Å². The first-order valence-electron chi connectivity index (χ1n) is 8.31. The van der Waals surface area contributed by atoms with Crippen LogP contribution in [0.5, 0.6) is 11.5 Å². The molecule has 28 heavy (non-hydrogen) atoms. The van der Waals surface area contributed by atoms with Crippen molar-refractivity contribution in [3.63, 3.8) is 0 Å². The van der Waals surface area contributed by atoms with Crippen molar-refractivity contribution >= 4 is 17.9 Å². The van der Waals surface area contributed by atoms with Crippen LogP contribution >= 0.6 is 0 Å². The fourth-order valence-corrected chi connectivity index (χ4v) is 2.15. The predicted octanol–water partition coefficient (Wildman–Crippen LogP) is 0.240. The summed E-state index contributed by atoms with van der Waals surface area (Å²) >= 11 is 0. The van der Waals surface area contributed by atoms with E-state index in [1.54, 1.807) is 13.1 Å². The first-order chi connectivity index (χ1) is 13.4. The second kappa shape index (κ2) is 12.8. The van der Waals surface area contributed by atoms with Gasteiger partial charge in [0.15, 0.2) is 11.5 Å². The van der Waals surface area contributed by atoms with E-state index in [4.69, 9.17) is 28.4 Å². The minimum atomic E-state index is -0.690. The van der Waals surface area contributed by atoms with Crippen molar-refractivity contribution in [2.75, 3.05) is 54.7 Å². The molecule has 0 aliphatic heterocycles. The Hall–Kier alpha value is -2.53. The summed E-state index contributed by atoms with van der Waals surface area (Å²) in [6, 6.07) is 4.47. The Morgan fingerprint density at radius 1 is 0.857 bits per heavy atom. The van der Waals surface area contributed by atoms with Crippen LogP contribution in [-0.4, -0.2) is 72.7 Å². The van der Waals surface area contributed by atoms with Gasteiger partial charge in [-0.25, -0.2) is 14.4 Å². The van der Waals surface area contributed by atoms with Crippen LogP contribution in [0.3, 0.4) is 0 Å². The summed E-state index contributed by atoms with van der Waals surface area (Å²) in [5, 5.41) is 2.91. The zero-order valence-corrected chi connectivity index (χ0v) is 16.3. The number of nitrogens with one attached hydrogen (secondary N) is 1. The molecular weight excluding hydrogens is 374 g/mol. The molecule has 0 aromatic heterocycles. The molecule has 10 heteroatoms. The summed E-state index contributed by atoms with van der Waals surface area (Å²) in [7, 11) is 5.76. The smallest absolute Gasteiger partial charge is 0.337 e. The molecule has 0 saturated heterocycles. The Morgan fingerprint density at radius 2 is 1.39 bits per heavy atom. The molecule has 0 saturated carbocycles. The minimum Gasteiger partial charge on any atom is -0.454 e. The van der Waals surface area contributed by atoms with Crippen LogP contribution in [-0.2, 0) is 33.3 Å². The molecule has 0 unspecified atom stereocenters. The molecule has 0 heterocycles. The number of hydrogen-bond donors (Lipinski definition) is 1.